The first-order chi connectivity index (χ1) is 9.67. The van der Waals surface area contributed by atoms with Crippen LogP contribution in [0, 0.1) is 0 Å². The Labute approximate surface area is 121 Å². The molecule has 0 saturated carbocycles. The minimum Gasteiger partial charge on any atom is -0.330 e. The van der Waals surface area contributed by atoms with Gasteiger partial charge < -0.3 is 10.2 Å². The van der Waals surface area contributed by atoms with Gasteiger partial charge in [0.2, 0.25) is 11.0 Å². The molecule has 5 nitrogen and oxygen atoms in total. The number of anilines is 3. The van der Waals surface area contributed by atoms with Crippen molar-refractivity contribution in [3.63, 3.8) is 0 Å². The lowest BCUT2D eigenvalue weighted by atomic mass is 10.1. The molecule has 0 atom stereocenters. The molecule has 104 valence electrons. The molecule has 1 aromatic heterocycles. The van der Waals surface area contributed by atoms with Gasteiger partial charge in [-0.05, 0) is 30.2 Å². The van der Waals surface area contributed by atoms with E-state index in [4.69, 9.17) is 0 Å². The second kappa shape index (κ2) is 5.20. The highest BCUT2D eigenvalue weighted by molar-refractivity contribution is 7.09. The normalized spacial score (nSPS) is 13.4. The van der Waals surface area contributed by atoms with E-state index in [1.807, 2.05) is 24.0 Å². The predicted octanol–water partition coefficient (Wildman–Crippen LogP) is 2.75. The van der Waals surface area contributed by atoms with Gasteiger partial charge in [0.25, 0.3) is 0 Å². The lowest BCUT2D eigenvalue weighted by Crippen LogP contribution is -2.25. The van der Waals surface area contributed by atoms with Gasteiger partial charge in [-0.3, -0.25) is 4.79 Å². The van der Waals surface area contributed by atoms with Crippen LogP contribution in [0.15, 0.2) is 18.2 Å². The summed E-state index contributed by atoms with van der Waals surface area (Å²) in [7, 11) is 0. The molecule has 0 spiro atoms. The number of carbonyl (C=O) groups is 1. The van der Waals surface area contributed by atoms with Crippen molar-refractivity contribution in [3.05, 3.63) is 29.6 Å². The summed E-state index contributed by atoms with van der Waals surface area (Å²) in [6, 6.07) is 6.06. The van der Waals surface area contributed by atoms with E-state index >= 15 is 0 Å². The number of aromatic nitrogens is 2. The highest BCUT2D eigenvalue weighted by Crippen LogP contribution is 2.31. The molecule has 20 heavy (non-hydrogen) atoms. The second-order valence-electron chi connectivity index (χ2n) is 4.76. The van der Waals surface area contributed by atoms with Gasteiger partial charge in [0.1, 0.15) is 5.82 Å². The van der Waals surface area contributed by atoms with E-state index in [1.165, 1.54) is 17.1 Å². The minimum atomic E-state index is 0.0983. The summed E-state index contributed by atoms with van der Waals surface area (Å²) in [5, 5.41) is 4.08. The lowest BCUT2D eigenvalue weighted by molar-refractivity contribution is -0.116. The van der Waals surface area contributed by atoms with Crippen LogP contribution in [-0.4, -0.2) is 21.8 Å². The molecule has 0 fully saturated rings. The quantitative estimate of drug-likeness (QED) is 0.943. The Morgan fingerprint density at radius 2 is 2.35 bits per heavy atom. The van der Waals surface area contributed by atoms with Crippen molar-refractivity contribution in [3.8, 4) is 0 Å². The van der Waals surface area contributed by atoms with E-state index < -0.39 is 0 Å². The fourth-order valence-electron chi connectivity index (χ4n) is 2.38. The Hall–Kier alpha value is -1.95. The number of aryl methyl sites for hydroxylation is 1. The van der Waals surface area contributed by atoms with Crippen molar-refractivity contribution < 1.29 is 4.79 Å². The number of hydrogen-bond acceptors (Lipinski definition) is 5. The van der Waals surface area contributed by atoms with Crippen LogP contribution in [0.2, 0.25) is 0 Å². The fraction of sp³-hybridized carbons (Fsp3) is 0.357. The van der Waals surface area contributed by atoms with E-state index in [0.29, 0.717) is 0 Å². The largest absolute Gasteiger partial charge is 0.330 e. The smallest absolute Gasteiger partial charge is 0.223 e. The summed E-state index contributed by atoms with van der Waals surface area (Å²) in [6.45, 7) is 4.42. The van der Waals surface area contributed by atoms with Crippen LogP contribution in [-0.2, 0) is 17.6 Å². The third kappa shape index (κ3) is 2.38. The van der Waals surface area contributed by atoms with Gasteiger partial charge in [-0.1, -0.05) is 6.92 Å². The van der Waals surface area contributed by atoms with E-state index in [2.05, 4.69) is 20.7 Å². The SMILES string of the molecule is CCc1nsc(Nc2ccc3c(c2)CCN3C(C)=O)n1. The van der Waals surface area contributed by atoms with Crippen molar-refractivity contribution in [2.24, 2.45) is 0 Å². The van der Waals surface area contributed by atoms with Gasteiger partial charge in [0, 0.05) is 42.8 Å². The van der Waals surface area contributed by atoms with Gasteiger partial charge >= 0.3 is 0 Å². The van der Waals surface area contributed by atoms with Gasteiger partial charge in [-0.2, -0.15) is 4.37 Å². The number of hydrogen-bond donors (Lipinski definition) is 1. The minimum absolute atomic E-state index is 0.0983. The summed E-state index contributed by atoms with van der Waals surface area (Å²) in [5.74, 6) is 0.961. The van der Waals surface area contributed by atoms with Gasteiger partial charge in [-0.15, -0.1) is 0 Å². The number of fused-ring (bicyclic) bond motifs is 1. The molecule has 3 rings (SSSR count). The third-order valence-corrected chi connectivity index (χ3v) is 4.06. The average molecular weight is 288 g/mol. The molecule has 0 unspecified atom stereocenters. The van der Waals surface area contributed by atoms with Crippen molar-refractivity contribution in [1.29, 1.82) is 0 Å². The average Bonchev–Trinajstić information content (AvgIpc) is 3.04. The van der Waals surface area contributed by atoms with Gasteiger partial charge in [0.15, 0.2) is 0 Å². The monoisotopic (exact) mass is 288 g/mol. The topological polar surface area (TPSA) is 58.1 Å². The summed E-state index contributed by atoms with van der Waals surface area (Å²) >= 11 is 1.37. The van der Waals surface area contributed by atoms with Gasteiger partial charge in [0.05, 0.1) is 0 Å². The number of amides is 1. The lowest BCUT2D eigenvalue weighted by Gasteiger charge is -2.14. The zero-order valence-corrected chi connectivity index (χ0v) is 12.3. The molecule has 1 N–H and O–H groups in total. The summed E-state index contributed by atoms with van der Waals surface area (Å²) in [4.78, 5) is 17.7. The van der Waals surface area contributed by atoms with Crippen molar-refractivity contribution in [1.82, 2.24) is 9.36 Å². The molecule has 1 aromatic carbocycles. The summed E-state index contributed by atoms with van der Waals surface area (Å²) < 4.78 is 4.25. The summed E-state index contributed by atoms with van der Waals surface area (Å²) in [5.41, 5.74) is 3.22. The third-order valence-electron chi connectivity index (χ3n) is 3.39. The molecular weight excluding hydrogens is 272 g/mol. The number of nitrogens with zero attached hydrogens (tertiary/aromatic N) is 3. The van der Waals surface area contributed by atoms with Crippen LogP contribution in [0.5, 0.6) is 0 Å². The second-order valence-corrected chi connectivity index (χ2v) is 5.51. The van der Waals surface area contributed by atoms with Crippen LogP contribution in [0.3, 0.4) is 0 Å². The van der Waals surface area contributed by atoms with Crippen LogP contribution < -0.4 is 10.2 Å². The standard InChI is InChI=1S/C14H16N4OS/c1-3-13-16-14(20-17-13)15-11-4-5-12-10(8-11)6-7-18(12)9(2)19/h4-5,8H,3,6-7H2,1-2H3,(H,15,16,17). The maximum Gasteiger partial charge on any atom is 0.223 e. The number of nitrogens with one attached hydrogen (secondary N) is 1. The van der Waals surface area contributed by atoms with E-state index in [-0.39, 0.29) is 5.91 Å². The highest BCUT2D eigenvalue weighted by Gasteiger charge is 2.22. The predicted molar refractivity (Wildman–Crippen MR) is 80.7 cm³/mol. The Bertz CT molecular complexity index is 652. The van der Waals surface area contributed by atoms with Crippen molar-refractivity contribution in [2.45, 2.75) is 26.7 Å². The number of carbonyl (C=O) groups excluding carboxylic acids is 1. The Balaban J connectivity index is 1.81. The van der Waals surface area contributed by atoms with E-state index in [9.17, 15) is 4.79 Å². The van der Waals surface area contributed by atoms with Crippen LogP contribution in [0.4, 0.5) is 16.5 Å². The molecule has 2 heterocycles. The first-order valence-electron chi connectivity index (χ1n) is 6.68. The highest BCUT2D eigenvalue weighted by atomic mass is 32.1. The molecular formula is C14H16N4OS. The van der Waals surface area contributed by atoms with Crippen LogP contribution in [0.1, 0.15) is 25.2 Å². The molecule has 0 radical (unpaired) electrons. The zero-order chi connectivity index (χ0) is 14.1. The van der Waals surface area contributed by atoms with E-state index in [0.717, 1.165) is 41.7 Å². The molecule has 1 aliphatic heterocycles. The van der Waals surface area contributed by atoms with Crippen molar-refractivity contribution in [2.75, 3.05) is 16.8 Å². The Morgan fingerprint density at radius 3 is 3.05 bits per heavy atom. The maximum atomic E-state index is 11.5. The van der Waals surface area contributed by atoms with Gasteiger partial charge in [-0.25, -0.2) is 4.98 Å². The zero-order valence-electron chi connectivity index (χ0n) is 11.5. The summed E-state index contributed by atoms with van der Waals surface area (Å²) in [6.07, 6.45) is 1.75. The van der Waals surface area contributed by atoms with Crippen LogP contribution >= 0.6 is 11.5 Å². The first-order valence-corrected chi connectivity index (χ1v) is 7.45. The van der Waals surface area contributed by atoms with Crippen molar-refractivity contribution >= 4 is 33.9 Å². The molecule has 1 amide bonds. The molecule has 0 saturated heterocycles. The molecule has 0 aliphatic carbocycles. The van der Waals surface area contributed by atoms with Crippen LogP contribution in [0.25, 0.3) is 0 Å². The Morgan fingerprint density at radius 1 is 1.50 bits per heavy atom. The number of benzene rings is 1. The fourth-order valence-corrected chi connectivity index (χ4v) is 3.05. The number of rotatable bonds is 3. The first kappa shape index (κ1) is 13.1. The maximum absolute atomic E-state index is 11.5. The molecule has 2 aromatic rings. The molecule has 1 aliphatic rings. The van der Waals surface area contributed by atoms with E-state index in [1.54, 1.807) is 6.92 Å². The Kier molecular flexibility index (Phi) is 3.40. The molecule has 0 bridgehead atoms. The molecule has 6 heteroatoms.